The van der Waals surface area contributed by atoms with Crippen molar-refractivity contribution in [3.05, 3.63) is 36.2 Å². The number of hydrogen-bond acceptors (Lipinski definition) is 2. The van der Waals surface area contributed by atoms with Gasteiger partial charge < -0.3 is 10.6 Å². The zero-order valence-electron chi connectivity index (χ0n) is 7.44. The lowest BCUT2D eigenvalue weighted by Crippen LogP contribution is -2.14. The molecule has 0 unspecified atom stereocenters. The van der Waals surface area contributed by atoms with Gasteiger partial charge in [-0.3, -0.25) is 0 Å². The Labute approximate surface area is 68.7 Å². The largest absolute Gasteiger partial charge is 0.386 e. The number of hydrogen-bond donors (Lipinski definition) is 2. The third-order valence-corrected chi connectivity index (χ3v) is 1.37. The summed E-state index contributed by atoms with van der Waals surface area (Å²) >= 11 is 0. The van der Waals surface area contributed by atoms with Crippen LogP contribution in [0.15, 0.2) is 36.2 Å². The molecule has 0 bridgehead atoms. The monoisotopic (exact) mass is 152 g/mol. The Bertz CT molecular complexity index is 178. The molecule has 0 aliphatic heterocycles. The van der Waals surface area contributed by atoms with Gasteiger partial charge in [0.1, 0.15) is 0 Å². The molecule has 0 saturated heterocycles. The zero-order valence-corrected chi connectivity index (χ0v) is 7.44. The summed E-state index contributed by atoms with van der Waals surface area (Å²) in [6.07, 6.45) is 5.76. The quantitative estimate of drug-likeness (QED) is 0.595. The summed E-state index contributed by atoms with van der Waals surface area (Å²) < 4.78 is 0. The summed E-state index contributed by atoms with van der Waals surface area (Å²) in [6, 6.07) is 0. The Kier molecular flexibility index (Phi) is 4.99. The topological polar surface area (TPSA) is 24.1 Å². The van der Waals surface area contributed by atoms with Gasteiger partial charge in [-0.1, -0.05) is 12.7 Å². The van der Waals surface area contributed by atoms with Crippen molar-refractivity contribution in [1.82, 2.24) is 10.6 Å². The molecule has 0 aliphatic rings. The summed E-state index contributed by atoms with van der Waals surface area (Å²) in [5.74, 6) is 0. The molecule has 0 spiro atoms. The lowest BCUT2D eigenvalue weighted by Gasteiger charge is -2.06. The SMILES string of the molecule is C=C/C(NC)=C(\C=C/C)NC. The lowest BCUT2D eigenvalue weighted by atomic mass is 10.3. The highest BCUT2D eigenvalue weighted by Gasteiger charge is 1.93. The number of nitrogens with one attached hydrogen (secondary N) is 2. The second-order valence-corrected chi connectivity index (χ2v) is 2.03. The summed E-state index contributed by atoms with van der Waals surface area (Å²) in [5, 5.41) is 6.10. The van der Waals surface area contributed by atoms with Crippen LogP contribution in [0.1, 0.15) is 6.92 Å². The van der Waals surface area contributed by atoms with Crippen LogP contribution in [-0.2, 0) is 0 Å². The average molecular weight is 152 g/mol. The van der Waals surface area contributed by atoms with Crippen LogP contribution in [0.5, 0.6) is 0 Å². The fourth-order valence-corrected chi connectivity index (χ4v) is 0.821. The van der Waals surface area contributed by atoms with Crippen molar-refractivity contribution < 1.29 is 0 Å². The lowest BCUT2D eigenvalue weighted by molar-refractivity contribution is 0.934. The number of rotatable bonds is 4. The number of allylic oxidation sites excluding steroid dienone is 3. The smallest absolute Gasteiger partial charge is 0.0569 e. The van der Waals surface area contributed by atoms with Crippen LogP contribution in [-0.4, -0.2) is 14.1 Å². The second kappa shape index (κ2) is 5.59. The minimum Gasteiger partial charge on any atom is -0.386 e. The molecule has 62 valence electrons. The van der Waals surface area contributed by atoms with E-state index in [0.717, 1.165) is 11.4 Å². The summed E-state index contributed by atoms with van der Waals surface area (Å²) in [4.78, 5) is 0. The third-order valence-electron chi connectivity index (χ3n) is 1.37. The van der Waals surface area contributed by atoms with Crippen molar-refractivity contribution in [2.24, 2.45) is 0 Å². The molecular weight excluding hydrogens is 136 g/mol. The molecule has 0 rings (SSSR count). The summed E-state index contributed by atoms with van der Waals surface area (Å²) in [5.41, 5.74) is 2.05. The standard InChI is InChI=1S/C9H16N2/c1-5-7-9(11-4)8(6-2)10-3/h5-7,10-11H,2H2,1,3-4H3/b7-5-,9-8-. The number of likely N-dealkylation sites (N-methyl/N-ethyl adjacent to an activating group) is 2. The van der Waals surface area contributed by atoms with Crippen LogP contribution in [0.2, 0.25) is 0 Å². The molecule has 0 heterocycles. The molecule has 2 heteroatoms. The van der Waals surface area contributed by atoms with Gasteiger partial charge in [0.2, 0.25) is 0 Å². The van der Waals surface area contributed by atoms with Gasteiger partial charge in [-0.2, -0.15) is 0 Å². The normalized spacial score (nSPS) is 12.6. The van der Waals surface area contributed by atoms with Crippen LogP contribution in [0, 0.1) is 0 Å². The molecule has 2 N–H and O–H groups in total. The average Bonchev–Trinajstić information content (AvgIpc) is 2.05. The maximum atomic E-state index is 3.69. The molecule has 0 atom stereocenters. The highest BCUT2D eigenvalue weighted by molar-refractivity contribution is 5.28. The van der Waals surface area contributed by atoms with Gasteiger partial charge in [-0.25, -0.2) is 0 Å². The molecular formula is C9H16N2. The van der Waals surface area contributed by atoms with E-state index in [-0.39, 0.29) is 0 Å². The van der Waals surface area contributed by atoms with Crippen LogP contribution in [0.3, 0.4) is 0 Å². The maximum Gasteiger partial charge on any atom is 0.0569 e. The molecule has 0 saturated carbocycles. The predicted molar refractivity (Wildman–Crippen MR) is 50.2 cm³/mol. The van der Waals surface area contributed by atoms with Crippen molar-refractivity contribution in [3.63, 3.8) is 0 Å². The van der Waals surface area contributed by atoms with Gasteiger partial charge >= 0.3 is 0 Å². The van der Waals surface area contributed by atoms with E-state index >= 15 is 0 Å². The van der Waals surface area contributed by atoms with E-state index in [1.807, 2.05) is 33.2 Å². The van der Waals surface area contributed by atoms with Crippen molar-refractivity contribution >= 4 is 0 Å². The van der Waals surface area contributed by atoms with E-state index < -0.39 is 0 Å². The van der Waals surface area contributed by atoms with Gasteiger partial charge in [-0.05, 0) is 19.1 Å². The fraction of sp³-hybridized carbons (Fsp3) is 0.333. The van der Waals surface area contributed by atoms with Crippen molar-refractivity contribution in [2.45, 2.75) is 6.92 Å². The van der Waals surface area contributed by atoms with E-state index in [1.54, 1.807) is 6.08 Å². The maximum absolute atomic E-state index is 3.69. The fourth-order valence-electron chi connectivity index (χ4n) is 0.821. The first-order valence-corrected chi connectivity index (χ1v) is 3.65. The van der Waals surface area contributed by atoms with Crippen LogP contribution >= 0.6 is 0 Å². The summed E-state index contributed by atoms with van der Waals surface area (Å²) in [6.45, 7) is 5.67. The van der Waals surface area contributed by atoms with Gasteiger partial charge in [0, 0.05) is 14.1 Å². The van der Waals surface area contributed by atoms with Crippen molar-refractivity contribution in [3.8, 4) is 0 Å². The zero-order chi connectivity index (χ0) is 8.69. The van der Waals surface area contributed by atoms with Crippen LogP contribution < -0.4 is 10.6 Å². The van der Waals surface area contributed by atoms with Crippen LogP contribution in [0.25, 0.3) is 0 Å². The predicted octanol–water partition coefficient (Wildman–Crippen LogP) is 1.40. The van der Waals surface area contributed by atoms with Crippen LogP contribution in [0.4, 0.5) is 0 Å². The van der Waals surface area contributed by atoms with Gasteiger partial charge in [0.25, 0.3) is 0 Å². The van der Waals surface area contributed by atoms with Gasteiger partial charge in [-0.15, -0.1) is 0 Å². The van der Waals surface area contributed by atoms with Gasteiger partial charge in [0.05, 0.1) is 11.4 Å². The minimum absolute atomic E-state index is 1.01. The Morgan fingerprint density at radius 1 is 1.18 bits per heavy atom. The highest BCUT2D eigenvalue weighted by atomic mass is 14.9. The molecule has 2 nitrogen and oxygen atoms in total. The van der Waals surface area contributed by atoms with E-state index in [0.29, 0.717) is 0 Å². The van der Waals surface area contributed by atoms with E-state index in [2.05, 4.69) is 17.2 Å². The minimum atomic E-state index is 1.01. The van der Waals surface area contributed by atoms with Crippen molar-refractivity contribution in [1.29, 1.82) is 0 Å². The molecule has 0 aliphatic carbocycles. The molecule has 0 aromatic carbocycles. The summed E-state index contributed by atoms with van der Waals surface area (Å²) in [7, 11) is 3.76. The Morgan fingerprint density at radius 2 is 1.73 bits per heavy atom. The second-order valence-electron chi connectivity index (χ2n) is 2.03. The first kappa shape index (κ1) is 9.82. The van der Waals surface area contributed by atoms with E-state index in [9.17, 15) is 0 Å². The first-order valence-electron chi connectivity index (χ1n) is 3.65. The molecule has 0 aromatic heterocycles. The molecule has 11 heavy (non-hydrogen) atoms. The third kappa shape index (κ3) is 2.94. The van der Waals surface area contributed by atoms with Gasteiger partial charge in [0.15, 0.2) is 0 Å². The Morgan fingerprint density at radius 3 is 2.00 bits per heavy atom. The molecule has 0 amide bonds. The molecule has 0 radical (unpaired) electrons. The Balaban J connectivity index is 4.61. The first-order chi connectivity index (χ1) is 5.29. The van der Waals surface area contributed by atoms with E-state index in [4.69, 9.17) is 0 Å². The van der Waals surface area contributed by atoms with Crippen molar-refractivity contribution in [2.75, 3.05) is 14.1 Å². The molecule has 0 fully saturated rings. The molecule has 0 aromatic rings. The Hall–Kier alpha value is -1.18. The van der Waals surface area contributed by atoms with E-state index in [1.165, 1.54) is 0 Å². The highest BCUT2D eigenvalue weighted by Crippen LogP contribution is 1.99.